The molecule has 0 aliphatic heterocycles. The zero-order valence-corrected chi connectivity index (χ0v) is 12.4. The summed E-state index contributed by atoms with van der Waals surface area (Å²) >= 11 is 17.2. The summed E-state index contributed by atoms with van der Waals surface area (Å²) in [6, 6.07) is 6.93. The van der Waals surface area contributed by atoms with Crippen LogP contribution >= 0.6 is 34.8 Å². The van der Waals surface area contributed by atoms with E-state index in [0.29, 0.717) is 5.69 Å². The molecule has 0 spiro atoms. The van der Waals surface area contributed by atoms with E-state index in [1.54, 1.807) is 0 Å². The molecule has 0 saturated carbocycles. The number of rotatable bonds is 3. The highest BCUT2D eigenvalue weighted by Crippen LogP contribution is 2.24. The van der Waals surface area contributed by atoms with Gasteiger partial charge in [0.1, 0.15) is 5.15 Å². The molecule has 0 bridgehead atoms. The minimum absolute atomic E-state index is 0.0297. The zero-order valence-electron chi connectivity index (χ0n) is 9.27. The first-order chi connectivity index (χ1) is 8.87. The van der Waals surface area contributed by atoms with Crippen molar-refractivity contribution in [2.75, 3.05) is 4.72 Å². The number of halogens is 3. The average molecular weight is 338 g/mol. The standard InChI is InChI=1S/C11H7Cl3N2O2S/c12-7-3-8(13)5-10(4-7)19(17,18)16-9-1-2-15-11(14)6-9/h1-6H,(H,15,16). The van der Waals surface area contributed by atoms with Crippen LogP contribution in [-0.4, -0.2) is 13.4 Å². The summed E-state index contributed by atoms with van der Waals surface area (Å²) in [5.74, 6) is 0. The van der Waals surface area contributed by atoms with Crippen LogP contribution in [0.2, 0.25) is 15.2 Å². The van der Waals surface area contributed by atoms with E-state index in [0.717, 1.165) is 0 Å². The highest BCUT2D eigenvalue weighted by molar-refractivity contribution is 7.92. The van der Waals surface area contributed by atoms with Gasteiger partial charge in [0.05, 0.1) is 10.6 Å². The second-order valence-electron chi connectivity index (χ2n) is 3.58. The van der Waals surface area contributed by atoms with Crippen LogP contribution in [0.4, 0.5) is 5.69 Å². The average Bonchev–Trinajstić information content (AvgIpc) is 2.26. The molecule has 2 aromatic rings. The highest BCUT2D eigenvalue weighted by Gasteiger charge is 2.16. The SMILES string of the molecule is O=S(=O)(Nc1ccnc(Cl)c1)c1cc(Cl)cc(Cl)c1. The number of nitrogens with one attached hydrogen (secondary N) is 1. The number of benzene rings is 1. The summed E-state index contributed by atoms with van der Waals surface area (Å²) in [4.78, 5) is 3.73. The van der Waals surface area contributed by atoms with Gasteiger partial charge in [-0.25, -0.2) is 13.4 Å². The van der Waals surface area contributed by atoms with Crippen molar-refractivity contribution in [3.8, 4) is 0 Å². The Morgan fingerprint density at radius 1 is 1.00 bits per heavy atom. The van der Waals surface area contributed by atoms with Gasteiger partial charge in [-0.1, -0.05) is 34.8 Å². The molecular weight excluding hydrogens is 331 g/mol. The van der Waals surface area contributed by atoms with Crippen molar-refractivity contribution in [3.05, 3.63) is 51.7 Å². The number of aromatic nitrogens is 1. The molecule has 0 atom stereocenters. The largest absolute Gasteiger partial charge is 0.279 e. The normalized spacial score (nSPS) is 11.3. The smallest absolute Gasteiger partial charge is 0.261 e. The van der Waals surface area contributed by atoms with Gasteiger partial charge >= 0.3 is 0 Å². The number of anilines is 1. The maximum Gasteiger partial charge on any atom is 0.261 e. The molecule has 1 heterocycles. The van der Waals surface area contributed by atoms with Crippen LogP contribution in [-0.2, 0) is 10.0 Å². The summed E-state index contributed by atoms with van der Waals surface area (Å²) < 4.78 is 26.6. The lowest BCUT2D eigenvalue weighted by molar-refractivity contribution is 0.601. The Morgan fingerprint density at radius 3 is 2.21 bits per heavy atom. The number of hydrogen-bond donors (Lipinski definition) is 1. The predicted molar refractivity (Wildman–Crippen MR) is 76.5 cm³/mol. The first-order valence-electron chi connectivity index (χ1n) is 4.97. The molecule has 0 aliphatic carbocycles. The third-order valence-corrected chi connectivity index (χ3v) is 4.13. The highest BCUT2D eigenvalue weighted by atomic mass is 35.5. The molecule has 4 nitrogen and oxygen atoms in total. The van der Waals surface area contributed by atoms with Crippen LogP contribution in [0.1, 0.15) is 0 Å². The number of pyridine rings is 1. The third kappa shape index (κ3) is 3.73. The molecule has 0 saturated heterocycles. The Balaban J connectivity index is 2.37. The Bertz CT molecular complexity index is 699. The number of nitrogens with zero attached hydrogens (tertiary/aromatic N) is 1. The van der Waals surface area contributed by atoms with E-state index in [1.165, 1.54) is 36.5 Å². The van der Waals surface area contributed by atoms with E-state index in [9.17, 15) is 8.42 Å². The lowest BCUT2D eigenvalue weighted by atomic mass is 10.4. The summed E-state index contributed by atoms with van der Waals surface area (Å²) in [6.07, 6.45) is 1.39. The van der Waals surface area contributed by atoms with Crippen LogP contribution in [0.5, 0.6) is 0 Å². The molecule has 8 heteroatoms. The van der Waals surface area contributed by atoms with Crippen molar-refractivity contribution in [2.45, 2.75) is 4.90 Å². The van der Waals surface area contributed by atoms with Gasteiger partial charge in [-0.2, -0.15) is 0 Å². The number of hydrogen-bond acceptors (Lipinski definition) is 3. The lowest BCUT2D eigenvalue weighted by Crippen LogP contribution is -2.13. The van der Waals surface area contributed by atoms with Crippen LogP contribution in [0.25, 0.3) is 0 Å². The summed E-state index contributed by atoms with van der Waals surface area (Å²) in [5.41, 5.74) is 0.302. The van der Waals surface area contributed by atoms with Crippen LogP contribution < -0.4 is 4.72 Å². The molecule has 100 valence electrons. The van der Waals surface area contributed by atoms with Gasteiger partial charge in [-0.3, -0.25) is 4.72 Å². The quantitative estimate of drug-likeness (QED) is 0.866. The van der Waals surface area contributed by atoms with Gasteiger partial charge in [-0.15, -0.1) is 0 Å². The maximum atomic E-state index is 12.1. The fourth-order valence-electron chi connectivity index (χ4n) is 1.36. The van der Waals surface area contributed by atoms with E-state index in [2.05, 4.69) is 9.71 Å². The van der Waals surface area contributed by atoms with Gasteiger partial charge in [0.25, 0.3) is 10.0 Å². The minimum Gasteiger partial charge on any atom is -0.279 e. The van der Waals surface area contributed by atoms with Gasteiger partial charge in [0, 0.05) is 16.2 Å². The van der Waals surface area contributed by atoms with Crippen LogP contribution in [0.3, 0.4) is 0 Å². The Kier molecular flexibility index (Phi) is 4.20. The van der Waals surface area contributed by atoms with Gasteiger partial charge in [0.2, 0.25) is 0 Å². The lowest BCUT2D eigenvalue weighted by Gasteiger charge is -2.08. The van der Waals surface area contributed by atoms with Crippen molar-refractivity contribution < 1.29 is 8.42 Å². The maximum absolute atomic E-state index is 12.1. The molecule has 0 amide bonds. The molecule has 0 radical (unpaired) electrons. The Labute approximate surface area is 125 Å². The van der Waals surface area contributed by atoms with Crippen molar-refractivity contribution in [1.82, 2.24) is 4.98 Å². The first-order valence-corrected chi connectivity index (χ1v) is 7.59. The van der Waals surface area contributed by atoms with Gasteiger partial charge in [0.15, 0.2) is 0 Å². The molecular formula is C11H7Cl3N2O2S. The predicted octanol–water partition coefficient (Wildman–Crippen LogP) is 3.84. The molecule has 1 aromatic heterocycles. The topological polar surface area (TPSA) is 59.1 Å². The minimum atomic E-state index is -3.78. The van der Waals surface area contributed by atoms with Crippen molar-refractivity contribution in [2.24, 2.45) is 0 Å². The second-order valence-corrected chi connectivity index (χ2v) is 6.52. The third-order valence-electron chi connectivity index (χ3n) is 2.13. The fraction of sp³-hybridized carbons (Fsp3) is 0. The second kappa shape index (κ2) is 5.54. The zero-order chi connectivity index (χ0) is 14.0. The summed E-state index contributed by atoms with van der Waals surface area (Å²) in [7, 11) is -3.78. The Hall–Kier alpha value is -1.01. The molecule has 0 fully saturated rings. The van der Waals surface area contributed by atoms with E-state index in [-0.39, 0.29) is 20.1 Å². The first kappa shape index (κ1) is 14.4. The Morgan fingerprint density at radius 2 is 1.63 bits per heavy atom. The van der Waals surface area contributed by atoms with Crippen LogP contribution in [0, 0.1) is 0 Å². The molecule has 2 rings (SSSR count). The van der Waals surface area contributed by atoms with E-state index in [4.69, 9.17) is 34.8 Å². The van der Waals surface area contributed by atoms with E-state index < -0.39 is 10.0 Å². The van der Waals surface area contributed by atoms with E-state index in [1.807, 2.05) is 0 Å². The fourth-order valence-corrected chi connectivity index (χ4v) is 3.31. The van der Waals surface area contributed by atoms with Gasteiger partial charge < -0.3 is 0 Å². The van der Waals surface area contributed by atoms with Crippen LogP contribution in [0.15, 0.2) is 41.4 Å². The molecule has 19 heavy (non-hydrogen) atoms. The molecule has 0 unspecified atom stereocenters. The molecule has 1 N–H and O–H groups in total. The molecule has 0 aliphatic rings. The molecule has 1 aromatic carbocycles. The van der Waals surface area contributed by atoms with E-state index >= 15 is 0 Å². The monoisotopic (exact) mass is 336 g/mol. The van der Waals surface area contributed by atoms with Crippen molar-refractivity contribution in [3.63, 3.8) is 0 Å². The van der Waals surface area contributed by atoms with Gasteiger partial charge in [-0.05, 0) is 30.3 Å². The summed E-state index contributed by atoms with van der Waals surface area (Å²) in [5, 5.41) is 0.658. The van der Waals surface area contributed by atoms with Crippen molar-refractivity contribution in [1.29, 1.82) is 0 Å². The van der Waals surface area contributed by atoms with Crippen molar-refractivity contribution >= 4 is 50.5 Å². The number of sulfonamides is 1. The summed E-state index contributed by atoms with van der Waals surface area (Å²) in [6.45, 7) is 0.